The van der Waals surface area contributed by atoms with E-state index in [1.165, 1.54) is 6.07 Å². The van der Waals surface area contributed by atoms with Crippen molar-refractivity contribution in [1.29, 1.82) is 0 Å². The van der Waals surface area contributed by atoms with Crippen molar-refractivity contribution in [2.24, 2.45) is 5.41 Å². The summed E-state index contributed by atoms with van der Waals surface area (Å²) in [5, 5.41) is 3.83. The van der Waals surface area contributed by atoms with Crippen LogP contribution in [-0.2, 0) is 6.42 Å². The van der Waals surface area contributed by atoms with Gasteiger partial charge in [0.2, 0.25) is 0 Å². The zero-order valence-electron chi connectivity index (χ0n) is 11.5. The Labute approximate surface area is 115 Å². The van der Waals surface area contributed by atoms with Gasteiger partial charge in [0.25, 0.3) is 0 Å². The molecule has 0 aliphatic carbocycles. The highest BCUT2D eigenvalue weighted by Crippen LogP contribution is 2.29. The molecule has 0 amide bonds. The number of rotatable bonds is 7. The van der Waals surface area contributed by atoms with Crippen LogP contribution in [0.15, 0.2) is 18.2 Å². The summed E-state index contributed by atoms with van der Waals surface area (Å²) in [6, 6.07) is 4.97. The average Bonchev–Trinajstić information content (AvgIpc) is 2.31. The minimum Gasteiger partial charge on any atom is -0.316 e. The first-order valence-corrected chi connectivity index (χ1v) is 7.03. The van der Waals surface area contributed by atoms with Gasteiger partial charge in [-0.3, -0.25) is 0 Å². The minimum absolute atomic E-state index is 0.0967. The fourth-order valence-corrected chi connectivity index (χ4v) is 2.55. The van der Waals surface area contributed by atoms with Crippen LogP contribution in [-0.4, -0.2) is 13.1 Å². The van der Waals surface area contributed by atoms with Crippen molar-refractivity contribution in [1.82, 2.24) is 5.32 Å². The molecule has 18 heavy (non-hydrogen) atoms. The number of hydrogen-bond donors (Lipinski definition) is 1. The van der Waals surface area contributed by atoms with Gasteiger partial charge in [0.1, 0.15) is 5.82 Å². The third-order valence-electron chi connectivity index (χ3n) is 3.29. The van der Waals surface area contributed by atoms with Gasteiger partial charge in [-0.15, -0.1) is 0 Å². The fourth-order valence-electron chi connectivity index (χ4n) is 2.39. The molecule has 0 spiro atoms. The lowest BCUT2D eigenvalue weighted by molar-refractivity contribution is 0.274. The van der Waals surface area contributed by atoms with Crippen molar-refractivity contribution < 1.29 is 4.39 Å². The molecule has 1 unspecified atom stereocenters. The van der Waals surface area contributed by atoms with Crippen LogP contribution in [0.1, 0.15) is 39.2 Å². The Hall–Kier alpha value is -0.600. The third kappa shape index (κ3) is 4.58. The van der Waals surface area contributed by atoms with Crippen LogP contribution >= 0.6 is 11.6 Å². The van der Waals surface area contributed by atoms with E-state index in [4.69, 9.17) is 11.6 Å². The van der Waals surface area contributed by atoms with E-state index in [-0.39, 0.29) is 11.2 Å². The maximum absolute atomic E-state index is 13.8. The van der Waals surface area contributed by atoms with E-state index in [1.54, 1.807) is 12.1 Å². The molecule has 1 nitrogen and oxygen atoms in total. The predicted octanol–water partition coefficient (Wildman–Crippen LogP) is 4.44. The van der Waals surface area contributed by atoms with E-state index in [1.807, 2.05) is 0 Å². The molecule has 1 rings (SSSR count). The van der Waals surface area contributed by atoms with Crippen molar-refractivity contribution in [3.05, 3.63) is 34.6 Å². The smallest absolute Gasteiger partial charge is 0.127 e. The van der Waals surface area contributed by atoms with Gasteiger partial charge in [-0.05, 0) is 42.5 Å². The van der Waals surface area contributed by atoms with E-state index >= 15 is 0 Å². The monoisotopic (exact) mass is 271 g/mol. The van der Waals surface area contributed by atoms with Crippen LogP contribution in [0.25, 0.3) is 0 Å². The first-order chi connectivity index (χ1) is 8.50. The number of nitrogens with one attached hydrogen (secondary N) is 1. The molecule has 1 aromatic rings. The van der Waals surface area contributed by atoms with Crippen LogP contribution in [0.3, 0.4) is 0 Å². The summed E-state index contributed by atoms with van der Waals surface area (Å²) in [4.78, 5) is 0. The molecule has 0 aromatic heterocycles. The number of hydrogen-bond acceptors (Lipinski definition) is 1. The summed E-state index contributed by atoms with van der Waals surface area (Å²) in [7, 11) is 0. The Balaban J connectivity index is 2.81. The zero-order valence-corrected chi connectivity index (χ0v) is 12.3. The molecule has 0 aliphatic heterocycles. The lowest BCUT2D eigenvalue weighted by Gasteiger charge is -2.30. The highest BCUT2D eigenvalue weighted by Gasteiger charge is 2.24. The highest BCUT2D eigenvalue weighted by molar-refractivity contribution is 6.30. The van der Waals surface area contributed by atoms with Crippen LogP contribution < -0.4 is 5.32 Å². The average molecular weight is 272 g/mol. The first-order valence-electron chi connectivity index (χ1n) is 6.65. The lowest BCUT2D eigenvalue weighted by Crippen LogP contribution is -2.33. The first kappa shape index (κ1) is 15.5. The molecule has 1 aromatic carbocycles. The molecule has 0 aliphatic rings. The van der Waals surface area contributed by atoms with Gasteiger partial charge < -0.3 is 5.32 Å². The normalized spacial score (nSPS) is 14.5. The molecule has 0 saturated heterocycles. The molecule has 3 heteroatoms. The maximum atomic E-state index is 13.8. The Bertz CT molecular complexity index is 381. The Kier molecular flexibility index (Phi) is 6.10. The summed E-state index contributed by atoms with van der Waals surface area (Å²) in [5.41, 5.74) is 0.854. The molecule has 0 heterocycles. The second kappa shape index (κ2) is 7.10. The van der Waals surface area contributed by atoms with Crippen LogP contribution in [0.5, 0.6) is 0 Å². The molecule has 102 valence electrons. The van der Waals surface area contributed by atoms with Gasteiger partial charge in [0.15, 0.2) is 0 Å². The van der Waals surface area contributed by atoms with E-state index in [0.29, 0.717) is 5.02 Å². The topological polar surface area (TPSA) is 12.0 Å². The zero-order chi connectivity index (χ0) is 13.6. The summed E-state index contributed by atoms with van der Waals surface area (Å²) in [5.74, 6) is -0.193. The second-order valence-electron chi connectivity index (χ2n) is 5.25. The lowest BCUT2D eigenvalue weighted by atomic mass is 9.79. The van der Waals surface area contributed by atoms with Crippen LogP contribution in [0.4, 0.5) is 4.39 Å². The minimum atomic E-state index is -0.193. The molecule has 0 bridgehead atoms. The summed E-state index contributed by atoms with van der Waals surface area (Å²) < 4.78 is 13.8. The van der Waals surface area contributed by atoms with Crippen molar-refractivity contribution in [3.8, 4) is 0 Å². The maximum Gasteiger partial charge on any atom is 0.127 e. The van der Waals surface area contributed by atoms with Gasteiger partial charge in [-0.1, -0.05) is 44.9 Å². The van der Waals surface area contributed by atoms with Gasteiger partial charge >= 0.3 is 0 Å². The Morgan fingerprint density at radius 2 is 2.06 bits per heavy atom. The van der Waals surface area contributed by atoms with E-state index < -0.39 is 0 Å². The molecule has 1 N–H and O–H groups in total. The molecule has 0 radical (unpaired) electrons. The molecule has 0 saturated carbocycles. The summed E-state index contributed by atoms with van der Waals surface area (Å²) in [6.07, 6.45) is 2.94. The highest BCUT2D eigenvalue weighted by atomic mass is 35.5. The van der Waals surface area contributed by atoms with Crippen molar-refractivity contribution in [2.45, 2.75) is 40.0 Å². The summed E-state index contributed by atoms with van der Waals surface area (Å²) in [6.45, 7) is 8.34. The molecular weight excluding hydrogens is 249 g/mol. The number of halogens is 2. The van der Waals surface area contributed by atoms with E-state index in [0.717, 1.165) is 37.9 Å². The van der Waals surface area contributed by atoms with Crippen molar-refractivity contribution in [3.63, 3.8) is 0 Å². The standard InChI is InChI=1S/C15H23ClFN/c1-4-8-15(3,11-18-5-2)10-12-6-7-13(16)9-14(12)17/h6-7,9,18H,4-5,8,10-11H2,1-3H3. The van der Waals surface area contributed by atoms with Gasteiger partial charge in [0, 0.05) is 11.6 Å². The van der Waals surface area contributed by atoms with E-state index in [2.05, 4.69) is 26.1 Å². The van der Waals surface area contributed by atoms with Crippen molar-refractivity contribution >= 4 is 11.6 Å². The second-order valence-corrected chi connectivity index (χ2v) is 5.69. The Morgan fingerprint density at radius 3 is 2.61 bits per heavy atom. The van der Waals surface area contributed by atoms with Crippen LogP contribution in [0.2, 0.25) is 5.02 Å². The molecule has 1 atom stereocenters. The largest absolute Gasteiger partial charge is 0.316 e. The molecular formula is C15H23ClFN. The predicted molar refractivity (Wildman–Crippen MR) is 76.7 cm³/mol. The fraction of sp³-hybridized carbons (Fsp3) is 0.600. The van der Waals surface area contributed by atoms with E-state index in [9.17, 15) is 4.39 Å². The molecule has 0 fully saturated rings. The van der Waals surface area contributed by atoms with Crippen molar-refractivity contribution in [2.75, 3.05) is 13.1 Å². The number of benzene rings is 1. The Morgan fingerprint density at radius 1 is 1.33 bits per heavy atom. The third-order valence-corrected chi connectivity index (χ3v) is 3.52. The summed E-state index contributed by atoms with van der Waals surface area (Å²) >= 11 is 5.78. The quantitative estimate of drug-likeness (QED) is 0.773. The van der Waals surface area contributed by atoms with Gasteiger partial charge in [0.05, 0.1) is 0 Å². The van der Waals surface area contributed by atoms with Crippen LogP contribution in [0, 0.1) is 11.2 Å². The van der Waals surface area contributed by atoms with Gasteiger partial charge in [-0.2, -0.15) is 0 Å². The SMILES string of the molecule is CCCC(C)(CNCC)Cc1ccc(Cl)cc1F. The van der Waals surface area contributed by atoms with Gasteiger partial charge in [-0.25, -0.2) is 4.39 Å².